The van der Waals surface area contributed by atoms with Crippen LogP contribution >= 0.6 is 0 Å². The second kappa shape index (κ2) is 8.09. The average molecular weight is 189 g/mol. The van der Waals surface area contributed by atoms with Gasteiger partial charge in [0, 0.05) is 6.42 Å². The fourth-order valence-electron chi connectivity index (χ4n) is 1.42. The molecule has 0 aliphatic carbocycles. The average Bonchev–Trinajstić information content (AvgIpc) is 2.22. The molecule has 3 heteroatoms. The topological polar surface area (TPSA) is 71.4 Å². The summed E-state index contributed by atoms with van der Waals surface area (Å²) in [5, 5.41) is 26.1. The predicted molar refractivity (Wildman–Crippen MR) is 52.6 cm³/mol. The monoisotopic (exact) mass is 189 g/mol. The van der Waals surface area contributed by atoms with Gasteiger partial charge in [-0.05, 0) is 19.3 Å². The van der Waals surface area contributed by atoms with E-state index in [0.29, 0.717) is 12.8 Å². The van der Waals surface area contributed by atoms with Gasteiger partial charge in [-0.1, -0.05) is 13.3 Å². The highest BCUT2D eigenvalue weighted by atomic mass is 14.3. The van der Waals surface area contributed by atoms with Crippen LogP contribution in [0.3, 0.4) is 0 Å². The van der Waals surface area contributed by atoms with Crippen LogP contribution in [0.1, 0.15) is 39.0 Å². The van der Waals surface area contributed by atoms with Crippen LogP contribution in [0.25, 0.3) is 0 Å². The van der Waals surface area contributed by atoms with Crippen molar-refractivity contribution < 1.29 is 0 Å². The first-order valence-electron chi connectivity index (χ1n) is 4.96. The van der Waals surface area contributed by atoms with E-state index in [-0.39, 0.29) is 11.8 Å². The van der Waals surface area contributed by atoms with E-state index in [1.165, 1.54) is 0 Å². The minimum atomic E-state index is -0.201. The molecule has 0 amide bonds. The summed E-state index contributed by atoms with van der Waals surface area (Å²) < 4.78 is 0. The highest BCUT2D eigenvalue weighted by molar-refractivity contribution is 4.98. The summed E-state index contributed by atoms with van der Waals surface area (Å²) in [4.78, 5) is 0. The van der Waals surface area contributed by atoms with Gasteiger partial charge in [0.1, 0.15) is 0 Å². The van der Waals surface area contributed by atoms with E-state index in [9.17, 15) is 0 Å². The maximum absolute atomic E-state index is 8.87. The van der Waals surface area contributed by atoms with E-state index in [1.54, 1.807) is 0 Å². The van der Waals surface area contributed by atoms with Crippen LogP contribution < -0.4 is 0 Å². The minimum Gasteiger partial charge on any atom is -0.198 e. The van der Waals surface area contributed by atoms with E-state index < -0.39 is 0 Å². The Morgan fingerprint density at radius 2 is 1.57 bits per heavy atom. The number of rotatable bonds is 6. The molecule has 0 aromatic rings. The highest BCUT2D eigenvalue weighted by Gasteiger charge is 2.19. The van der Waals surface area contributed by atoms with Crippen molar-refractivity contribution in [3.8, 4) is 18.2 Å². The third-order valence-electron chi connectivity index (χ3n) is 2.22. The highest BCUT2D eigenvalue weighted by Crippen LogP contribution is 2.21. The Labute approximate surface area is 85.6 Å². The van der Waals surface area contributed by atoms with Gasteiger partial charge in [-0.25, -0.2) is 0 Å². The fourth-order valence-corrected chi connectivity index (χ4v) is 1.42. The molecule has 0 aliphatic rings. The number of nitrogens with zero attached hydrogens (tertiary/aromatic N) is 3. The smallest absolute Gasteiger partial charge is 0.0669 e. The molecular formula is C11H15N3. The Hall–Kier alpha value is -1.53. The lowest BCUT2D eigenvalue weighted by atomic mass is 9.87. The van der Waals surface area contributed by atoms with Crippen molar-refractivity contribution in [3.05, 3.63) is 0 Å². The van der Waals surface area contributed by atoms with Gasteiger partial charge < -0.3 is 0 Å². The number of hydrogen-bond donors (Lipinski definition) is 0. The standard InChI is InChI=1S/C11H15N3/c1-2-5-10(8-13)11(9-14)6-3-4-7-12/h10-11H,2-6H2,1H3. The zero-order valence-corrected chi connectivity index (χ0v) is 8.53. The Morgan fingerprint density at radius 1 is 1.00 bits per heavy atom. The van der Waals surface area contributed by atoms with Gasteiger partial charge >= 0.3 is 0 Å². The third kappa shape index (κ3) is 4.48. The lowest BCUT2D eigenvalue weighted by Crippen LogP contribution is -2.11. The van der Waals surface area contributed by atoms with Gasteiger partial charge in [0.15, 0.2) is 0 Å². The summed E-state index contributed by atoms with van der Waals surface area (Å²) in [6.07, 6.45) is 3.57. The van der Waals surface area contributed by atoms with E-state index in [0.717, 1.165) is 19.3 Å². The van der Waals surface area contributed by atoms with E-state index in [4.69, 9.17) is 15.8 Å². The summed E-state index contributed by atoms with van der Waals surface area (Å²) in [5.41, 5.74) is 0. The van der Waals surface area contributed by atoms with Crippen LogP contribution in [0.15, 0.2) is 0 Å². The molecule has 0 fully saturated rings. The SMILES string of the molecule is CCCC(C#N)C(C#N)CCCC#N. The van der Waals surface area contributed by atoms with Crippen LogP contribution in [0.4, 0.5) is 0 Å². The number of hydrogen-bond acceptors (Lipinski definition) is 3. The number of nitriles is 3. The largest absolute Gasteiger partial charge is 0.198 e. The summed E-state index contributed by atoms with van der Waals surface area (Å²) in [5.74, 6) is -0.364. The molecule has 2 unspecified atom stereocenters. The molecule has 0 aromatic carbocycles. The zero-order chi connectivity index (χ0) is 10.8. The molecule has 0 spiro atoms. The molecule has 74 valence electrons. The summed E-state index contributed by atoms with van der Waals surface area (Å²) in [7, 11) is 0. The second-order valence-corrected chi connectivity index (χ2v) is 3.31. The van der Waals surface area contributed by atoms with Crippen molar-refractivity contribution in [2.45, 2.75) is 39.0 Å². The van der Waals surface area contributed by atoms with Crippen molar-refractivity contribution in [2.24, 2.45) is 11.8 Å². The van der Waals surface area contributed by atoms with Crippen molar-refractivity contribution in [1.29, 1.82) is 15.8 Å². The van der Waals surface area contributed by atoms with Crippen LogP contribution in [0.5, 0.6) is 0 Å². The molecule has 3 nitrogen and oxygen atoms in total. The Balaban J connectivity index is 4.06. The van der Waals surface area contributed by atoms with Crippen molar-refractivity contribution in [1.82, 2.24) is 0 Å². The van der Waals surface area contributed by atoms with Gasteiger partial charge in [0.05, 0.1) is 30.0 Å². The normalized spacial score (nSPS) is 13.3. The minimum absolute atomic E-state index is 0.163. The van der Waals surface area contributed by atoms with Gasteiger partial charge in [-0.2, -0.15) is 15.8 Å². The van der Waals surface area contributed by atoms with E-state index in [2.05, 4.69) is 12.1 Å². The first kappa shape index (κ1) is 12.5. The molecule has 0 aromatic heterocycles. The van der Waals surface area contributed by atoms with Crippen LogP contribution in [-0.4, -0.2) is 0 Å². The van der Waals surface area contributed by atoms with Crippen LogP contribution in [-0.2, 0) is 0 Å². The molecule has 0 heterocycles. The first-order valence-corrected chi connectivity index (χ1v) is 4.96. The van der Waals surface area contributed by atoms with Crippen LogP contribution in [0, 0.1) is 45.8 Å². The number of unbranched alkanes of at least 4 members (excludes halogenated alkanes) is 1. The molecule has 0 bridgehead atoms. The van der Waals surface area contributed by atoms with Gasteiger partial charge in [-0.15, -0.1) is 0 Å². The lowest BCUT2D eigenvalue weighted by Gasteiger charge is -2.13. The van der Waals surface area contributed by atoms with E-state index >= 15 is 0 Å². The summed E-state index contributed by atoms with van der Waals surface area (Å²) >= 11 is 0. The maximum Gasteiger partial charge on any atom is 0.0669 e. The van der Waals surface area contributed by atoms with Crippen molar-refractivity contribution >= 4 is 0 Å². The molecule has 2 atom stereocenters. The maximum atomic E-state index is 8.87. The predicted octanol–water partition coefficient (Wildman–Crippen LogP) is 2.76. The Bertz CT molecular complexity index is 264. The van der Waals surface area contributed by atoms with Crippen molar-refractivity contribution in [3.63, 3.8) is 0 Å². The molecule has 0 aliphatic heterocycles. The summed E-state index contributed by atoms with van der Waals surface area (Å²) in [6.45, 7) is 2.01. The van der Waals surface area contributed by atoms with E-state index in [1.807, 2.05) is 13.0 Å². The van der Waals surface area contributed by atoms with Gasteiger partial charge in [0.25, 0.3) is 0 Å². The molecule has 0 radical (unpaired) electrons. The lowest BCUT2D eigenvalue weighted by molar-refractivity contribution is 0.425. The Morgan fingerprint density at radius 3 is 2.00 bits per heavy atom. The quantitative estimate of drug-likeness (QED) is 0.603. The molecule has 0 saturated heterocycles. The second-order valence-electron chi connectivity index (χ2n) is 3.31. The zero-order valence-electron chi connectivity index (χ0n) is 8.53. The van der Waals surface area contributed by atoms with Gasteiger partial charge in [-0.3, -0.25) is 0 Å². The van der Waals surface area contributed by atoms with Gasteiger partial charge in [0.2, 0.25) is 0 Å². The van der Waals surface area contributed by atoms with Crippen LogP contribution in [0.2, 0.25) is 0 Å². The molecule has 0 saturated carbocycles. The molecule has 0 N–H and O–H groups in total. The first-order chi connectivity index (χ1) is 6.79. The summed E-state index contributed by atoms with van der Waals surface area (Å²) in [6, 6.07) is 6.38. The Kier molecular flexibility index (Phi) is 7.20. The fraction of sp³-hybridized carbons (Fsp3) is 0.727. The molecular weight excluding hydrogens is 174 g/mol. The third-order valence-corrected chi connectivity index (χ3v) is 2.22. The van der Waals surface area contributed by atoms with Crippen molar-refractivity contribution in [2.75, 3.05) is 0 Å². The molecule has 14 heavy (non-hydrogen) atoms. The molecule has 0 rings (SSSR count).